The van der Waals surface area contributed by atoms with Crippen molar-refractivity contribution in [1.29, 1.82) is 0 Å². The summed E-state index contributed by atoms with van der Waals surface area (Å²) < 4.78 is 5.52. The van der Waals surface area contributed by atoms with Crippen molar-refractivity contribution in [2.75, 3.05) is 13.7 Å². The fourth-order valence-corrected chi connectivity index (χ4v) is 3.50. The fourth-order valence-electron chi connectivity index (χ4n) is 3.50. The molecule has 3 unspecified atom stereocenters. The molecule has 2 heteroatoms. The molecule has 1 aliphatic rings. The van der Waals surface area contributed by atoms with Crippen molar-refractivity contribution >= 4 is 0 Å². The lowest BCUT2D eigenvalue weighted by atomic mass is 9.89. The molecule has 2 nitrogen and oxygen atoms in total. The Bertz CT molecular complexity index is 429. The highest BCUT2D eigenvalue weighted by molar-refractivity contribution is 5.37. The second-order valence-corrected chi connectivity index (χ2v) is 6.28. The zero-order valence-corrected chi connectivity index (χ0v) is 13.4. The average molecular weight is 275 g/mol. The largest absolute Gasteiger partial charge is 0.496 e. The molecule has 0 heterocycles. The van der Waals surface area contributed by atoms with Crippen LogP contribution >= 0.6 is 0 Å². The van der Waals surface area contributed by atoms with Crippen LogP contribution in [0.4, 0.5) is 0 Å². The van der Waals surface area contributed by atoms with E-state index in [4.69, 9.17) is 4.74 Å². The molecular weight excluding hydrogens is 246 g/mol. The van der Waals surface area contributed by atoms with Crippen LogP contribution in [0, 0.1) is 18.8 Å². The third kappa shape index (κ3) is 3.54. The van der Waals surface area contributed by atoms with Crippen LogP contribution in [-0.2, 0) is 6.42 Å². The van der Waals surface area contributed by atoms with Gasteiger partial charge < -0.3 is 10.1 Å². The van der Waals surface area contributed by atoms with Gasteiger partial charge in [-0.1, -0.05) is 31.5 Å². The fraction of sp³-hybridized carbons (Fsp3) is 0.667. The van der Waals surface area contributed by atoms with Gasteiger partial charge in [0.25, 0.3) is 0 Å². The van der Waals surface area contributed by atoms with Gasteiger partial charge in [-0.15, -0.1) is 0 Å². The van der Waals surface area contributed by atoms with Crippen LogP contribution in [0.5, 0.6) is 5.75 Å². The van der Waals surface area contributed by atoms with Crippen LogP contribution in [-0.4, -0.2) is 19.7 Å². The van der Waals surface area contributed by atoms with E-state index in [1.54, 1.807) is 7.11 Å². The maximum atomic E-state index is 5.52. The molecule has 0 aliphatic heterocycles. The third-order valence-electron chi connectivity index (χ3n) is 4.80. The van der Waals surface area contributed by atoms with Gasteiger partial charge in [0, 0.05) is 6.04 Å². The van der Waals surface area contributed by atoms with Gasteiger partial charge in [0.1, 0.15) is 5.75 Å². The second kappa shape index (κ2) is 7.12. The Morgan fingerprint density at radius 1 is 1.30 bits per heavy atom. The number of benzene rings is 1. The summed E-state index contributed by atoms with van der Waals surface area (Å²) in [6, 6.07) is 7.23. The molecular formula is C18H29NO. The molecule has 3 atom stereocenters. The topological polar surface area (TPSA) is 21.3 Å². The summed E-state index contributed by atoms with van der Waals surface area (Å²) in [5.41, 5.74) is 2.70. The van der Waals surface area contributed by atoms with Gasteiger partial charge >= 0.3 is 0 Å². The van der Waals surface area contributed by atoms with E-state index in [1.807, 2.05) is 0 Å². The number of hydrogen-bond acceptors (Lipinski definition) is 2. The van der Waals surface area contributed by atoms with E-state index in [9.17, 15) is 0 Å². The van der Waals surface area contributed by atoms with Crippen LogP contribution in [0.3, 0.4) is 0 Å². The van der Waals surface area contributed by atoms with Crippen molar-refractivity contribution in [3.05, 3.63) is 29.3 Å². The van der Waals surface area contributed by atoms with Crippen molar-refractivity contribution in [3.8, 4) is 5.75 Å². The molecule has 0 bridgehead atoms. The lowest BCUT2D eigenvalue weighted by molar-refractivity contribution is 0.345. The molecule has 1 N–H and O–H groups in total. The van der Waals surface area contributed by atoms with Crippen LogP contribution in [0.25, 0.3) is 0 Å². The number of hydrogen-bond donors (Lipinski definition) is 1. The minimum atomic E-state index is 0.704. The number of nitrogens with one attached hydrogen (secondary N) is 1. The highest BCUT2D eigenvalue weighted by Gasteiger charge is 2.32. The van der Waals surface area contributed by atoms with E-state index in [1.165, 1.54) is 30.4 Å². The minimum absolute atomic E-state index is 0.704. The smallest absolute Gasteiger partial charge is 0.122 e. The Morgan fingerprint density at radius 2 is 2.10 bits per heavy atom. The molecule has 1 aliphatic carbocycles. The molecule has 0 aromatic heterocycles. The highest BCUT2D eigenvalue weighted by Crippen LogP contribution is 2.36. The van der Waals surface area contributed by atoms with E-state index in [0.717, 1.165) is 30.6 Å². The van der Waals surface area contributed by atoms with E-state index in [2.05, 4.69) is 44.3 Å². The number of rotatable bonds is 6. The lowest BCUT2D eigenvalue weighted by Crippen LogP contribution is -2.33. The van der Waals surface area contributed by atoms with E-state index >= 15 is 0 Å². The summed E-state index contributed by atoms with van der Waals surface area (Å²) in [6.07, 6.45) is 5.02. The van der Waals surface area contributed by atoms with Gasteiger partial charge in [0.05, 0.1) is 7.11 Å². The first-order chi connectivity index (χ1) is 9.65. The maximum absolute atomic E-state index is 5.52. The first kappa shape index (κ1) is 15.4. The quantitative estimate of drug-likeness (QED) is 0.848. The third-order valence-corrected chi connectivity index (χ3v) is 4.80. The number of methoxy groups -OCH3 is 1. The predicted molar refractivity (Wildman–Crippen MR) is 85.4 cm³/mol. The molecule has 0 saturated heterocycles. The van der Waals surface area contributed by atoms with Crippen molar-refractivity contribution in [3.63, 3.8) is 0 Å². The zero-order valence-electron chi connectivity index (χ0n) is 13.4. The summed E-state index contributed by atoms with van der Waals surface area (Å²) in [4.78, 5) is 0. The average Bonchev–Trinajstić information content (AvgIpc) is 2.78. The van der Waals surface area contributed by atoms with Crippen LogP contribution in [0.2, 0.25) is 0 Å². The molecule has 1 saturated carbocycles. The molecule has 0 radical (unpaired) electrons. The minimum Gasteiger partial charge on any atom is -0.496 e. The van der Waals surface area contributed by atoms with Crippen LogP contribution in [0.1, 0.15) is 44.2 Å². The molecule has 0 spiro atoms. The van der Waals surface area contributed by atoms with E-state index in [-0.39, 0.29) is 0 Å². The molecule has 2 rings (SSSR count). The summed E-state index contributed by atoms with van der Waals surface area (Å²) in [5, 5.41) is 3.71. The normalized spacial score (nSPS) is 25.9. The highest BCUT2D eigenvalue weighted by atomic mass is 16.5. The Balaban J connectivity index is 2.02. The molecule has 112 valence electrons. The van der Waals surface area contributed by atoms with E-state index in [0.29, 0.717) is 6.04 Å². The van der Waals surface area contributed by atoms with Gasteiger partial charge in [-0.25, -0.2) is 0 Å². The number of aryl methyl sites for hydroxylation is 1. The second-order valence-electron chi connectivity index (χ2n) is 6.28. The molecule has 1 aromatic carbocycles. The standard InChI is InChI=1S/C18H29NO/c1-5-10-19-17-8-7-15(14(17)3)12-16-11-13(2)6-9-18(16)20-4/h6,9,11,14-15,17,19H,5,7-8,10,12H2,1-4H3. The number of ether oxygens (including phenoxy) is 1. The van der Waals surface area contributed by atoms with Crippen molar-refractivity contribution in [2.45, 2.75) is 52.5 Å². The zero-order chi connectivity index (χ0) is 14.5. The van der Waals surface area contributed by atoms with Gasteiger partial charge in [-0.2, -0.15) is 0 Å². The monoisotopic (exact) mass is 275 g/mol. The molecule has 0 amide bonds. The van der Waals surface area contributed by atoms with E-state index < -0.39 is 0 Å². The van der Waals surface area contributed by atoms with Crippen molar-refractivity contribution in [2.24, 2.45) is 11.8 Å². The van der Waals surface area contributed by atoms with Gasteiger partial charge in [0.15, 0.2) is 0 Å². The summed E-state index contributed by atoms with van der Waals surface area (Å²) in [6.45, 7) is 7.96. The van der Waals surface area contributed by atoms with Gasteiger partial charge in [-0.3, -0.25) is 0 Å². The van der Waals surface area contributed by atoms with Crippen LogP contribution in [0.15, 0.2) is 18.2 Å². The first-order valence-electron chi connectivity index (χ1n) is 8.02. The Morgan fingerprint density at radius 3 is 2.80 bits per heavy atom. The van der Waals surface area contributed by atoms with Crippen molar-refractivity contribution in [1.82, 2.24) is 5.32 Å². The Hall–Kier alpha value is -1.02. The SMILES string of the molecule is CCCNC1CCC(Cc2cc(C)ccc2OC)C1C. The Labute approximate surface area is 123 Å². The van der Waals surface area contributed by atoms with Gasteiger partial charge in [0.2, 0.25) is 0 Å². The Kier molecular flexibility index (Phi) is 5.47. The molecule has 20 heavy (non-hydrogen) atoms. The first-order valence-corrected chi connectivity index (χ1v) is 8.02. The van der Waals surface area contributed by atoms with Gasteiger partial charge in [-0.05, 0) is 62.6 Å². The summed E-state index contributed by atoms with van der Waals surface area (Å²) in [7, 11) is 1.78. The molecule has 1 fully saturated rings. The summed E-state index contributed by atoms with van der Waals surface area (Å²) in [5.74, 6) is 2.58. The van der Waals surface area contributed by atoms with Crippen molar-refractivity contribution < 1.29 is 4.74 Å². The lowest BCUT2D eigenvalue weighted by Gasteiger charge is -2.22. The summed E-state index contributed by atoms with van der Waals surface area (Å²) >= 11 is 0. The maximum Gasteiger partial charge on any atom is 0.122 e. The molecule has 1 aromatic rings. The predicted octanol–water partition coefficient (Wildman–Crippen LogP) is 3.96. The van der Waals surface area contributed by atoms with Crippen LogP contribution < -0.4 is 10.1 Å².